The Morgan fingerprint density at radius 2 is 1.94 bits per heavy atom. The highest BCUT2D eigenvalue weighted by atomic mass is 35.5. The summed E-state index contributed by atoms with van der Waals surface area (Å²) in [5.74, 6) is -1.27. The Balaban J connectivity index is 2.86. The predicted octanol–water partition coefficient (Wildman–Crippen LogP) is 1.76. The Morgan fingerprint density at radius 3 is 2.41 bits per heavy atom. The number of hydrogen-bond donors (Lipinski definition) is 2. The van der Waals surface area contributed by atoms with Crippen LogP contribution in [0.25, 0.3) is 0 Å². The lowest BCUT2D eigenvalue weighted by molar-refractivity contribution is -0.139. The molecule has 0 heterocycles. The van der Waals surface area contributed by atoms with E-state index in [1.54, 1.807) is 18.2 Å². The molecule has 2 atom stereocenters. The topological polar surface area (TPSA) is 80.6 Å². The van der Waals surface area contributed by atoms with Crippen LogP contribution in [0.15, 0.2) is 35.2 Å². The van der Waals surface area contributed by atoms with Crippen LogP contribution in [0.4, 0.5) is 0 Å². The van der Waals surface area contributed by atoms with Crippen LogP contribution >= 0.6 is 23.2 Å². The van der Waals surface area contributed by atoms with Crippen molar-refractivity contribution in [2.45, 2.75) is 21.1 Å². The van der Waals surface area contributed by atoms with Crippen molar-refractivity contribution in [2.24, 2.45) is 0 Å². The number of carboxylic acid groups (broad SMARTS) is 1. The van der Waals surface area contributed by atoms with Crippen molar-refractivity contribution in [3.63, 3.8) is 0 Å². The molecule has 1 rings (SSSR count). The van der Waals surface area contributed by atoms with Gasteiger partial charge in [0.05, 0.1) is 6.42 Å². The third-order valence-electron chi connectivity index (χ3n) is 1.96. The molecule has 1 aromatic rings. The van der Waals surface area contributed by atoms with Gasteiger partial charge in [-0.2, -0.15) is 0 Å². The number of carbonyl (C=O) groups is 1. The first-order chi connectivity index (χ1) is 7.85. The molecule has 1 aromatic carbocycles. The van der Waals surface area contributed by atoms with Gasteiger partial charge in [-0.3, -0.25) is 4.79 Å². The van der Waals surface area contributed by atoms with E-state index >= 15 is 0 Å². The van der Waals surface area contributed by atoms with Gasteiger partial charge in [-0.1, -0.05) is 18.2 Å². The Hall–Kier alpha value is -0.460. The summed E-state index contributed by atoms with van der Waals surface area (Å²) in [6.45, 7) is 0. The molecule has 0 amide bonds. The van der Waals surface area contributed by atoms with Crippen LogP contribution < -0.4 is 0 Å². The summed E-state index contributed by atoms with van der Waals surface area (Å²) in [5, 5.41) is 18.1. The van der Waals surface area contributed by atoms with Crippen LogP contribution in [0, 0.1) is 0 Å². The second-order valence-corrected chi connectivity index (χ2v) is 6.74. The SMILES string of the molecule is O=C(O)CC(O)C(Cl)(Cl)[S+]([O-])c1ccccc1. The average molecular weight is 297 g/mol. The smallest absolute Gasteiger partial charge is 0.306 e. The van der Waals surface area contributed by atoms with E-state index in [-0.39, 0.29) is 0 Å². The molecule has 0 spiro atoms. The molecular weight excluding hydrogens is 287 g/mol. The molecule has 4 nitrogen and oxygen atoms in total. The number of alkyl halides is 2. The summed E-state index contributed by atoms with van der Waals surface area (Å²) in [6, 6.07) is 8.06. The highest BCUT2D eigenvalue weighted by Gasteiger charge is 2.47. The zero-order valence-corrected chi connectivity index (χ0v) is 10.9. The number of halogens is 2. The molecular formula is C10H10Cl2O4S. The van der Waals surface area contributed by atoms with Gasteiger partial charge in [-0.05, 0) is 35.3 Å². The molecule has 0 aliphatic carbocycles. The molecule has 0 radical (unpaired) electrons. The standard InChI is InChI=1S/C10H10Cl2O4S/c11-10(12,8(13)6-9(14)15)17(16)7-4-2-1-3-5-7/h1-5,8,13H,6H2,(H,14,15). The summed E-state index contributed by atoms with van der Waals surface area (Å²) in [6.07, 6.45) is -2.30. The molecule has 0 aliphatic rings. The third kappa shape index (κ3) is 3.76. The molecule has 94 valence electrons. The largest absolute Gasteiger partial charge is 0.609 e. The normalized spacial score (nSPS) is 15.3. The maximum atomic E-state index is 12.0. The van der Waals surface area contributed by atoms with Crippen molar-refractivity contribution in [2.75, 3.05) is 0 Å². The van der Waals surface area contributed by atoms with E-state index in [0.717, 1.165) is 0 Å². The summed E-state index contributed by atoms with van der Waals surface area (Å²) in [5.41, 5.74) is 0. The highest BCUT2D eigenvalue weighted by molar-refractivity contribution is 7.95. The van der Waals surface area contributed by atoms with E-state index in [1.807, 2.05) is 0 Å². The fraction of sp³-hybridized carbons (Fsp3) is 0.300. The van der Waals surface area contributed by atoms with Gasteiger partial charge >= 0.3 is 9.63 Å². The van der Waals surface area contributed by atoms with Gasteiger partial charge in [0.1, 0.15) is 6.10 Å². The Bertz CT molecular complexity index is 385. The lowest BCUT2D eigenvalue weighted by Crippen LogP contribution is -2.40. The molecule has 2 unspecified atom stereocenters. The van der Waals surface area contributed by atoms with Crippen LogP contribution in [0.5, 0.6) is 0 Å². The molecule has 7 heteroatoms. The van der Waals surface area contributed by atoms with Crippen molar-refractivity contribution in [1.29, 1.82) is 0 Å². The second-order valence-electron chi connectivity index (χ2n) is 3.26. The molecule has 0 fully saturated rings. The zero-order valence-electron chi connectivity index (χ0n) is 8.55. The van der Waals surface area contributed by atoms with Crippen LogP contribution in [-0.4, -0.2) is 30.5 Å². The van der Waals surface area contributed by atoms with E-state index in [2.05, 4.69) is 0 Å². The molecule has 0 aromatic heterocycles. The Morgan fingerprint density at radius 1 is 1.41 bits per heavy atom. The summed E-state index contributed by atoms with van der Waals surface area (Å²) >= 11 is 9.61. The van der Waals surface area contributed by atoms with Gasteiger partial charge in [-0.15, -0.1) is 0 Å². The molecule has 0 bridgehead atoms. The minimum atomic E-state index is -2.06. The van der Waals surface area contributed by atoms with Crippen molar-refractivity contribution in [1.82, 2.24) is 0 Å². The molecule has 17 heavy (non-hydrogen) atoms. The minimum Gasteiger partial charge on any atom is -0.609 e. The summed E-state index contributed by atoms with van der Waals surface area (Å²) in [7, 11) is 0. The van der Waals surface area contributed by atoms with Crippen LogP contribution in [0.3, 0.4) is 0 Å². The highest BCUT2D eigenvalue weighted by Crippen LogP contribution is 2.38. The van der Waals surface area contributed by atoms with Crippen molar-refractivity contribution >= 4 is 40.3 Å². The number of aliphatic carboxylic acids is 1. The van der Waals surface area contributed by atoms with Crippen molar-refractivity contribution in [3.8, 4) is 0 Å². The lowest BCUT2D eigenvalue weighted by atomic mass is 10.3. The maximum Gasteiger partial charge on any atom is 0.306 e. The molecule has 0 saturated carbocycles. The van der Waals surface area contributed by atoms with Crippen molar-refractivity contribution < 1.29 is 19.6 Å². The monoisotopic (exact) mass is 296 g/mol. The number of rotatable bonds is 5. The van der Waals surface area contributed by atoms with Gasteiger partial charge in [0.25, 0.3) is 0 Å². The average Bonchev–Trinajstić information content (AvgIpc) is 2.28. The van der Waals surface area contributed by atoms with Gasteiger partial charge in [0.2, 0.25) is 0 Å². The first-order valence-electron chi connectivity index (χ1n) is 4.60. The van der Waals surface area contributed by atoms with Crippen LogP contribution in [0.1, 0.15) is 6.42 Å². The van der Waals surface area contributed by atoms with Crippen molar-refractivity contribution in [3.05, 3.63) is 30.3 Å². The second kappa shape index (κ2) is 5.93. The molecule has 0 aliphatic heterocycles. The molecule has 0 saturated heterocycles. The third-order valence-corrected chi connectivity index (χ3v) is 4.77. The number of aliphatic hydroxyl groups excluding tert-OH is 1. The fourth-order valence-electron chi connectivity index (χ4n) is 1.11. The Labute approximate surface area is 111 Å². The first-order valence-corrected chi connectivity index (χ1v) is 6.51. The number of benzene rings is 1. The lowest BCUT2D eigenvalue weighted by Gasteiger charge is -2.26. The summed E-state index contributed by atoms with van der Waals surface area (Å²) < 4.78 is 9.93. The van der Waals surface area contributed by atoms with Gasteiger partial charge in [-0.25, -0.2) is 0 Å². The number of hydrogen-bond acceptors (Lipinski definition) is 3. The maximum absolute atomic E-state index is 12.0. The van der Waals surface area contributed by atoms with E-state index in [4.69, 9.17) is 28.3 Å². The van der Waals surface area contributed by atoms with Gasteiger partial charge in [0.15, 0.2) is 4.90 Å². The first kappa shape index (κ1) is 14.6. The molecule has 2 N–H and O–H groups in total. The fourth-order valence-corrected chi connectivity index (χ4v) is 2.85. The Kier molecular flexibility index (Phi) is 5.09. The number of aliphatic hydroxyl groups is 1. The van der Waals surface area contributed by atoms with E-state index < -0.39 is 33.3 Å². The van der Waals surface area contributed by atoms with E-state index in [0.29, 0.717) is 4.90 Å². The van der Waals surface area contributed by atoms with E-state index in [9.17, 15) is 14.5 Å². The number of carboxylic acids is 1. The quantitative estimate of drug-likeness (QED) is 0.641. The van der Waals surface area contributed by atoms with Gasteiger partial charge in [0, 0.05) is 11.2 Å². The minimum absolute atomic E-state index is 0.321. The zero-order chi connectivity index (χ0) is 13.1. The van der Waals surface area contributed by atoms with Crippen LogP contribution in [-0.2, 0) is 16.0 Å². The predicted molar refractivity (Wildman–Crippen MR) is 65.5 cm³/mol. The van der Waals surface area contributed by atoms with Gasteiger partial charge < -0.3 is 14.8 Å². The van der Waals surface area contributed by atoms with Crippen LogP contribution in [0.2, 0.25) is 0 Å². The van der Waals surface area contributed by atoms with E-state index in [1.165, 1.54) is 12.1 Å². The summed E-state index contributed by atoms with van der Waals surface area (Å²) in [4.78, 5) is 10.8.